The minimum Gasteiger partial charge on any atom is -0.497 e. The molecule has 0 saturated carbocycles. The smallest absolute Gasteiger partial charge is 0.191 e. The van der Waals surface area contributed by atoms with Crippen molar-refractivity contribution in [2.75, 3.05) is 12.4 Å². The normalized spacial score (nSPS) is 10.5. The van der Waals surface area contributed by atoms with Gasteiger partial charge in [0.15, 0.2) is 5.11 Å². The van der Waals surface area contributed by atoms with Crippen LogP contribution in [0, 0.1) is 0 Å². The first-order chi connectivity index (χ1) is 10.6. The maximum atomic E-state index is 6.05. The number of nitrogens with zero attached hydrogens (tertiary/aromatic N) is 1. The maximum Gasteiger partial charge on any atom is 0.191 e. The molecule has 0 aliphatic rings. The summed E-state index contributed by atoms with van der Waals surface area (Å²) in [5.74, 6) is 0.762. The summed E-state index contributed by atoms with van der Waals surface area (Å²) in [6.07, 6.45) is 1.64. The molecule has 2 aromatic rings. The number of ether oxygens (including phenoxy) is 1. The second kappa shape index (κ2) is 7.98. The highest BCUT2D eigenvalue weighted by atomic mass is 35.5. The van der Waals surface area contributed by atoms with E-state index < -0.39 is 0 Å². The van der Waals surface area contributed by atoms with Gasteiger partial charge >= 0.3 is 0 Å². The van der Waals surface area contributed by atoms with Gasteiger partial charge in [-0.15, -0.1) is 0 Å². The lowest BCUT2D eigenvalue weighted by molar-refractivity contribution is 0.415. The molecule has 4 nitrogen and oxygen atoms in total. The van der Waals surface area contributed by atoms with Crippen LogP contribution in [0.1, 0.15) is 5.56 Å². The predicted molar refractivity (Wildman–Crippen MR) is 96.4 cm³/mol. The molecule has 0 bridgehead atoms. The van der Waals surface area contributed by atoms with Gasteiger partial charge < -0.3 is 10.1 Å². The van der Waals surface area contributed by atoms with Gasteiger partial charge in [-0.05, 0) is 48.1 Å². The summed E-state index contributed by atoms with van der Waals surface area (Å²) < 4.78 is 5.14. The molecule has 7 heteroatoms. The minimum atomic E-state index is 0.323. The van der Waals surface area contributed by atoms with Gasteiger partial charge in [0.1, 0.15) is 5.75 Å². The summed E-state index contributed by atoms with van der Waals surface area (Å²) in [7, 11) is 1.61. The van der Waals surface area contributed by atoms with Crippen LogP contribution in [0.15, 0.2) is 47.6 Å². The van der Waals surface area contributed by atoms with Crippen LogP contribution in [0.4, 0.5) is 5.69 Å². The van der Waals surface area contributed by atoms with Crippen molar-refractivity contribution in [3.8, 4) is 5.75 Å². The van der Waals surface area contributed by atoms with Crippen molar-refractivity contribution in [2.24, 2.45) is 5.10 Å². The predicted octanol–water partition coefficient (Wildman–Crippen LogP) is 4.32. The summed E-state index contributed by atoms with van der Waals surface area (Å²) in [4.78, 5) is 0. The van der Waals surface area contributed by atoms with Crippen molar-refractivity contribution in [3.63, 3.8) is 0 Å². The van der Waals surface area contributed by atoms with E-state index in [0.29, 0.717) is 20.8 Å². The standard InChI is InChI=1S/C15H13Cl2N3OS/c1-21-12-4-2-3-10(7-12)9-18-20-15(22)19-14-6-5-11(16)8-13(14)17/h2-9H,1H3,(H2,19,20,22)/b18-9+. The lowest BCUT2D eigenvalue weighted by atomic mass is 10.2. The van der Waals surface area contributed by atoms with Gasteiger partial charge in [0.25, 0.3) is 0 Å². The number of halogens is 2. The summed E-state index contributed by atoms with van der Waals surface area (Å²) in [6.45, 7) is 0. The largest absolute Gasteiger partial charge is 0.497 e. The second-order valence-electron chi connectivity index (χ2n) is 4.22. The molecule has 2 N–H and O–H groups in total. The molecule has 0 aliphatic carbocycles. The molecule has 0 heterocycles. The Kier molecular flexibility index (Phi) is 6.00. The highest BCUT2D eigenvalue weighted by Crippen LogP contribution is 2.25. The molecule has 0 fully saturated rings. The van der Waals surface area contributed by atoms with Crippen LogP contribution in [0.3, 0.4) is 0 Å². The van der Waals surface area contributed by atoms with Gasteiger partial charge in [0.05, 0.1) is 24.0 Å². The van der Waals surface area contributed by atoms with E-state index in [1.807, 2.05) is 24.3 Å². The second-order valence-corrected chi connectivity index (χ2v) is 5.48. The quantitative estimate of drug-likeness (QED) is 0.488. The summed E-state index contributed by atoms with van der Waals surface area (Å²) >= 11 is 17.0. The number of hydrogen-bond donors (Lipinski definition) is 2. The van der Waals surface area contributed by atoms with E-state index >= 15 is 0 Å². The fourth-order valence-corrected chi connectivity index (χ4v) is 2.25. The molecule has 0 unspecified atom stereocenters. The third kappa shape index (κ3) is 4.87. The number of nitrogens with one attached hydrogen (secondary N) is 2. The van der Waals surface area contributed by atoms with Gasteiger partial charge in [-0.2, -0.15) is 5.10 Å². The van der Waals surface area contributed by atoms with E-state index in [-0.39, 0.29) is 0 Å². The Morgan fingerprint density at radius 3 is 2.77 bits per heavy atom. The highest BCUT2D eigenvalue weighted by Gasteiger charge is 2.02. The number of benzene rings is 2. The number of hydrazone groups is 1. The number of rotatable bonds is 4. The Morgan fingerprint density at radius 1 is 1.23 bits per heavy atom. The topological polar surface area (TPSA) is 45.6 Å². The van der Waals surface area contributed by atoms with Gasteiger partial charge in [0.2, 0.25) is 0 Å². The lowest BCUT2D eigenvalue weighted by Gasteiger charge is -2.08. The van der Waals surface area contributed by atoms with Crippen LogP contribution in [0.5, 0.6) is 5.75 Å². The van der Waals surface area contributed by atoms with Crippen molar-refractivity contribution in [1.82, 2.24) is 5.43 Å². The van der Waals surface area contributed by atoms with Gasteiger partial charge in [-0.25, -0.2) is 0 Å². The van der Waals surface area contributed by atoms with Gasteiger partial charge in [-0.3, -0.25) is 5.43 Å². The molecule has 114 valence electrons. The van der Waals surface area contributed by atoms with Crippen LogP contribution >= 0.6 is 35.4 Å². The van der Waals surface area contributed by atoms with E-state index in [2.05, 4.69) is 15.8 Å². The Morgan fingerprint density at radius 2 is 2.05 bits per heavy atom. The zero-order valence-electron chi connectivity index (χ0n) is 11.6. The van der Waals surface area contributed by atoms with E-state index in [1.165, 1.54) is 0 Å². The zero-order valence-corrected chi connectivity index (χ0v) is 14.0. The van der Waals surface area contributed by atoms with Crippen molar-refractivity contribution < 1.29 is 4.74 Å². The molecule has 0 spiro atoms. The van der Waals surface area contributed by atoms with Gasteiger partial charge in [-0.1, -0.05) is 35.3 Å². The average molecular weight is 354 g/mol. The van der Waals surface area contributed by atoms with E-state index in [0.717, 1.165) is 11.3 Å². The number of anilines is 1. The fourth-order valence-electron chi connectivity index (χ4n) is 1.63. The number of thiocarbonyl (C=S) groups is 1. The summed E-state index contributed by atoms with van der Waals surface area (Å²) in [5, 5.41) is 8.36. The number of hydrogen-bond acceptors (Lipinski definition) is 3. The minimum absolute atomic E-state index is 0.323. The lowest BCUT2D eigenvalue weighted by Crippen LogP contribution is -2.24. The van der Waals surface area contributed by atoms with E-state index in [1.54, 1.807) is 31.5 Å². The van der Waals surface area contributed by atoms with Crippen molar-refractivity contribution in [1.29, 1.82) is 0 Å². The molecule has 2 aromatic carbocycles. The maximum absolute atomic E-state index is 6.05. The van der Waals surface area contributed by atoms with Crippen molar-refractivity contribution in [3.05, 3.63) is 58.1 Å². The van der Waals surface area contributed by atoms with Crippen LogP contribution in [-0.4, -0.2) is 18.4 Å². The van der Waals surface area contributed by atoms with Crippen LogP contribution in [-0.2, 0) is 0 Å². The molecular weight excluding hydrogens is 341 g/mol. The summed E-state index contributed by atoms with van der Waals surface area (Å²) in [5.41, 5.74) is 4.26. The highest BCUT2D eigenvalue weighted by molar-refractivity contribution is 7.80. The molecule has 0 atom stereocenters. The van der Waals surface area contributed by atoms with E-state index in [9.17, 15) is 0 Å². The average Bonchev–Trinajstić information content (AvgIpc) is 2.50. The summed E-state index contributed by atoms with van der Waals surface area (Å²) in [6, 6.07) is 12.6. The Bertz CT molecular complexity index is 707. The zero-order chi connectivity index (χ0) is 15.9. The van der Waals surface area contributed by atoms with E-state index in [4.69, 9.17) is 40.2 Å². The van der Waals surface area contributed by atoms with Crippen LogP contribution in [0.2, 0.25) is 10.0 Å². The van der Waals surface area contributed by atoms with Crippen LogP contribution in [0.25, 0.3) is 0 Å². The first-order valence-corrected chi connectivity index (χ1v) is 7.44. The monoisotopic (exact) mass is 353 g/mol. The number of methoxy groups -OCH3 is 1. The molecule has 2 rings (SSSR count). The van der Waals surface area contributed by atoms with Crippen molar-refractivity contribution >= 4 is 52.4 Å². The molecule has 0 amide bonds. The Balaban J connectivity index is 1.93. The Labute approximate surface area is 144 Å². The first-order valence-electron chi connectivity index (χ1n) is 6.27. The molecular formula is C15H13Cl2N3OS. The molecule has 0 aromatic heterocycles. The van der Waals surface area contributed by atoms with Gasteiger partial charge in [0, 0.05) is 5.02 Å². The fraction of sp³-hybridized carbons (Fsp3) is 0.0667. The Hall–Kier alpha value is -1.82. The van der Waals surface area contributed by atoms with Crippen LogP contribution < -0.4 is 15.5 Å². The molecule has 0 saturated heterocycles. The molecule has 22 heavy (non-hydrogen) atoms. The molecule has 0 aliphatic heterocycles. The van der Waals surface area contributed by atoms with Crippen molar-refractivity contribution in [2.45, 2.75) is 0 Å². The molecule has 0 radical (unpaired) electrons. The first kappa shape index (κ1) is 16.5. The third-order valence-corrected chi connectivity index (χ3v) is 3.39. The SMILES string of the molecule is COc1cccc(/C=N/NC(=S)Nc2ccc(Cl)cc2Cl)c1. The third-order valence-electron chi connectivity index (χ3n) is 2.65.